The van der Waals surface area contributed by atoms with Crippen LogP contribution in [0.5, 0.6) is 0 Å². The van der Waals surface area contributed by atoms with Crippen LogP contribution in [0.25, 0.3) is 11.0 Å². The third-order valence-corrected chi connectivity index (χ3v) is 5.51. The predicted octanol–water partition coefficient (Wildman–Crippen LogP) is 4.26. The van der Waals surface area contributed by atoms with Crippen LogP contribution in [0, 0.1) is 5.82 Å². The molecular weight excluding hydrogens is 297 g/mol. The first-order valence-corrected chi connectivity index (χ1v) is 8.43. The van der Waals surface area contributed by atoms with Crippen LogP contribution in [0.2, 0.25) is 5.02 Å². The molecule has 0 aliphatic heterocycles. The average molecular weight is 314 g/mol. The van der Waals surface area contributed by atoms with E-state index < -0.39 is 5.82 Å². The number of hydrogen-bond acceptors (Lipinski definition) is 3. The molecule has 108 valence electrons. The molecule has 2 aromatic rings. The number of thioether (sulfide) groups is 1. The fourth-order valence-electron chi connectivity index (χ4n) is 3.11. The zero-order chi connectivity index (χ0) is 14.3. The zero-order valence-electron chi connectivity index (χ0n) is 11.3. The van der Waals surface area contributed by atoms with Crippen molar-refractivity contribution in [2.45, 2.75) is 37.0 Å². The van der Waals surface area contributed by atoms with E-state index in [1.165, 1.54) is 25.3 Å². The van der Waals surface area contributed by atoms with Crippen molar-refractivity contribution < 1.29 is 4.39 Å². The maximum absolute atomic E-state index is 13.8. The highest BCUT2D eigenvalue weighted by atomic mass is 35.5. The predicted molar refractivity (Wildman–Crippen MR) is 83.9 cm³/mol. The highest BCUT2D eigenvalue weighted by Crippen LogP contribution is 2.39. The Morgan fingerprint density at radius 2 is 2.15 bits per heavy atom. The summed E-state index contributed by atoms with van der Waals surface area (Å²) in [5.41, 5.74) is 7.49. The van der Waals surface area contributed by atoms with Gasteiger partial charge in [-0.1, -0.05) is 24.4 Å². The number of halogens is 2. The minimum Gasteiger partial charge on any atom is -0.369 e. The normalized spacial score (nSPS) is 23.4. The molecule has 1 aromatic heterocycles. The van der Waals surface area contributed by atoms with Gasteiger partial charge < -0.3 is 10.3 Å². The molecule has 0 amide bonds. The van der Waals surface area contributed by atoms with Gasteiger partial charge in [-0.3, -0.25) is 0 Å². The maximum atomic E-state index is 13.8. The molecule has 1 aromatic carbocycles. The van der Waals surface area contributed by atoms with Crippen LogP contribution in [0.1, 0.15) is 31.7 Å². The first kappa shape index (κ1) is 14.0. The molecule has 1 aliphatic rings. The summed E-state index contributed by atoms with van der Waals surface area (Å²) in [5.74, 6) is 0.0319. The van der Waals surface area contributed by atoms with Gasteiger partial charge in [-0.25, -0.2) is 9.37 Å². The highest BCUT2D eigenvalue weighted by molar-refractivity contribution is 7.99. The van der Waals surface area contributed by atoms with Gasteiger partial charge in [0.05, 0.1) is 16.1 Å². The SMILES string of the molecule is CSC1CCCCC1n1c(N)nc2cc(Cl)c(F)cc21. The van der Waals surface area contributed by atoms with Crippen molar-refractivity contribution in [2.75, 3.05) is 12.0 Å². The van der Waals surface area contributed by atoms with Crippen LogP contribution < -0.4 is 5.73 Å². The number of nitrogens with zero attached hydrogens (tertiary/aromatic N) is 2. The van der Waals surface area contributed by atoms with Gasteiger partial charge in [0.25, 0.3) is 0 Å². The topological polar surface area (TPSA) is 43.8 Å². The van der Waals surface area contributed by atoms with Gasteiger partial charge in [0, 0.05) is 17.4 Å². The van der Waals surface area contributed by atoms with Gasteiger partial charge in [0.15, 0.2) is 0 Å². The number of benzene rings is 1. The lowest BCUT2D eigenvalue weighted by Gasteiger charge is -2.32. The van der Waals surface area contributed by atoms with Crippen molar-refractivity contribution in [3.05, 3.63) is 23.0 Å². The molecule has 1 saturated carbocycles. The molecule has 2 atom stereocenters. The number of rotatable bonds is 2. The number of nitrogen functional groups attached to an aromatic ring is 1. The van der Waals surface area contributed by atoms with Gasteiger partial charge in [0.2, 0.25) is 5.95 Å². The van der Waals surface area contributed by atoms with Gasteiger partial charge in [0.1, 0.15) is 5.82 Å². The van der Waals surface area contributed by atoms with Crippen molar-refractivity contribution in [1.29, 1.82) is 0 Å². The monoisotopic (exact) mass is 313 g/mol. The first-order chi connectivity index (χ1) is 9.61. The Morgan fingerprint density at radius 1 is 1.40 bits per heavy atom. The molecule has 3 nitrogen and oxygen atoms in total. The van der Waals surface area contributed by atoms with Crippen LogP contribution in [0.3, 0.4) is 0 Å². The summed E-state index contributed by atoms with van der Waals surface area (Å²) >= 11 is 7.67. The Bertz CT molecular complexity index is 643. The van der Waals surface area contributed by atoms with E-state index in [9.17, 15) is 4.39 Å². The summed E-state index contributed by atoms with van der Waals surface area (Å²) in [6.07, 6.45) is 6.77. The fourth-order valence-corrected chi connectivity index (χ4v) is 4.24. The fraction of sp³-hybridized carbons (Fsp3) is 0.500. The number of fused-ring (bicyclic) bond motifs is 1. The molecule has 6 heteroatoms. The molecule has 2 N–H and O–H groups in total. The minimum atomic E-state index is -0.420. The lowest BCUT2D eigenvalue weighted by molar-refractivity contribution is 0.374. The molecule has 1 fully saturated rings. The standard InChI is InChI=1S/C14H17ClFN3S/c1-20-13-5-3-2-4-11(13)19-12-7-9(16)8(15)6-10(12)18-14(19)17/h6-7,11,13H,2-5H2,1H3,(H2,17,18). The summed E-state index contributed by atoms with van der Waals surface area (Å²) in [7, 11) is 0. The van der Waals surface area contributed by atoms with Crippen LogP contribution in [0.4, 0.5) is 10.3 Å². The van der Waals surface area contributed by atoms with E-state index in [-0.39, 0.29) is 11.1 Å². The van der Waals surface area contributed by atoms with Crippen LogP contribution in [0.15, 0.2) is 12.1 Å². The number of imidazole rings is 1. The van der Waals surface area contributed by atoms with E-state index in [4.69, 9.17) is 17.3 Å². The van der Waals surface area contributed by atoms with Gasteiger partial charge >= 0.3 is 0 Å². The Morgan fingerprint density at radius 3 is 2.90 bits per heavy atom. The second-order valence-corrected chi connectivity index (χ2v) is 6.71. The van der Waals surface area contributed by atoms with E-state index in [0.717, 1.165) is 11.9 Å². The molecule has 0 bridgehead atoms. The third-order valence-electron chi connectivity index (χ3n) is 4.06. The van der Waals surface area contributed by atoms with Crippen molar-refractivity contribution in [2.24, 2.45) is 0 Å². The Kier molecular flexibility index (Phi) is 3.82. The first-order valence-electron chi connectivity index (χ1n) is 6.77. The zero-order valence-corrected chi connectivity index (χ0v) is 12.8. The summed E-state index contributed by atoms with van der Waals surface area (Å²) < 4.78 is 15.8. The van der Waals surface area contributed by atoms with Gasteiger partial charge in [-0.05, 0) is 25.2 Å². The Balaban J connectivity index is 2.14. The maximum Gasteiger partial charge on any atom is 0.201 e. The van der Waals surface area contributed by atoms with E-state index in [2.05, 4.69) is 11.2 Å². The number of hydrogen-bond donors (Lipinski definition) is 1. The third kappa shape index (κ3) is 2.27. The number of anilines is 1. The van der Waals surface area contributed by atoms with Crippen molar-refractivity contribution in [1.82, 2.24) is 9.55 Å². The molecule has 0 spiro atoms. The number of aromatic nitrogens is 2. The van der Waals surface area contributed by atoms with E-state index in [1.54, 1.807) is 6.07 Å². The molecule has 2 unspecified atom stereocenters. The highest BCUT2D eigenvalue weighted by Gasteiger charge is 2.29. The largest absolute Gasteiger partial charge is 0.369 e. The smallest absolute Gasteiger partial charge is 0.201 e. The molecule has 20 heavy (non-hydrogen) atoms. The summed E-state index contributed by atoms with van der Waals surface area (Å²) in [6.45, 7) is 0. The van der Waals surface area contributed by atoms with Crippen LogP contribution in [-0.2, 0) is 0 Å². The number of nitrogens with two attached hydrogens (primary N) is 1. The molecular formula is C14H17ClFN3S. The molecule has 3 rings (SSSR count). The lowest BCUT2D eigenvalue weighted by Crippen LogP contribution is -2.26. The van der Waals surface area contributed by atoms with Crippen molar-refractivity contribution in [3.8, 4) is 0 Å². The molecule has 0 radical (unpaired) electrons. The minimum absolute atomic E-state index is 0.0900. The van der Waals surface area contributed by atoms with E-state index in [1.807, 2.05) is 16.3 Å². The van der Waals surface area contributed by atoms with E-state index in [0.29, 0.717) is 16.7 Å². The molecule has 1 heterocycles. The Labute approximate surface area is 126 Å². The van der Waals surface area contributed by atoms with Crippen LogP contribution in [-0.4, -0.2) is 21.1 Å². The summed E-state index contributed by atoms with van der Waals surface area (Å²) in [6, 6.07) is 3.28. The quantitative estimate of drug-likeness (QED) is 0.901. The van der Waals surface area contributed by atoms with Crippen LogP contribution >= 0.6 is 23.4 Å². The van der Waals surface area contributed by atoms with Crippen molar-refractivity contribution >= 4 is 40.3 Å². The second-order valence-electron chi connectivity index (χ2n) is 5.22. The molecule has 0 saturated heterocycles. The lowest BCUT2D eigenvalue weighted by atomic mass is 9.94. The van der Waals surface area contributed by atoms with E-state index >= 15 is 0 Å². The summed E-state index contributed by atoms with van der Waals surface area (Å²) in [5, 5.41) is 0.592. The van der Waals surface area contributed by atoms with Gasteiger partial charge in [-0.15, -0.1) is 0 Å². The summed E-state index contributed by atoms with van der Waals surface area (Å²) in [4.78, 5) is 4.34. The Hall–Kier alpha value is -0.940. The van der Waals surface area contributed by atoms with Crippen molar-refractivity contribution in [3.63, 3.8) is 0 Å². The van der Waals surface area contributed by atoms with Gasteiger partial charge in [-0.2, -0.15) is 11.8 Å². The average Bonchev–Trinajstić information content (AvgIpc) is 2.74. The second kappa shape index (κ2) is 5.45. The molecule has 1 aliphatic carbocycles.